The first-order chi connectivity index (χ1) is 3.41. The molecule has 3 heteroatoms. The first kappa shape index (κ1) is 6.33. The van der Waals surface area contributed by atoms with E-state index in [-0.39, 0.29) is 12.8 Å². The van der Waals surface area contributed by atoms with Crippen molar-refractivity contribution in [3.63, 3.8) is 0 Å². The molecule has 1 saturated carbocycles. The van der Waals surface area contributed by atoms with Crippen LogP contribution in [-0.2, 0) is 0 Å². The predicted molar refractivity (Wildman–Crippen MR) is 31.6 cm³/mol. The Balaban J connectivity index is 2.42. The molecule has 0 aromatic carbocycles. The quantitative estimate of drug-likeness (QED) is 0.487. The van der Waals surface area contributed by atoms with Crippen molar-refractivity contribution >= 4 is 12.6 Å². The lowest BCUT2D eigenvalue weighted by atomic mass is 9.82. The van der Waals surface area contributed by atoms with E-state index >= 15 is 0 Å². The molecule has 1 aliphatic rings. The maximum atomic E-state index is 12.0. The minimum absolute atomic E-state index is 0.0664. The minimum atomic E-state index is -2.42. The normalized spacial score (nSPS) is 31.5. The van der Waals surface area contributed by atoms with Gasteiger partial charge >= 0.3 is 0 Å². The van der Waals surface area contributed by atoms with Gasteiger partial charge in [0.1, 0.15) is 0 Å². The molecule has 1 rings (SSSR count). The van der Waals surface area contributed by atoms with Gasteiger partial charge in [-0.3, -0.25) is 0 Å². The maximum absolute atomic E-state index is 12.0. The molecule has 0 N–H and O–H groups in total. The van der Waals surface area contributed by atoms with Gasteiger partial charge in [-0.15, -0.1) is 0 Å². The predicted octanol–water partition coefficient (Wildman–Crippen LogP) is 2.10. The van der Waals surface area contributed by atoms with Gasteiger partial charge in [0.15, 0.2) is 0 Å². The van der Waals surface area contributed by atoms with Crippen molar-refractivity contribution in [3.8, 4) is 0 Å². The zero-order valence-corrected chi connectivity index (χ0v) is 5.51. The number of alkyl halides is 2. The first-order valence-electron chi connectivity index (χ1n) is 2.52. The minimum Gasteiger partial charge on any atom is -0.207 e. The lowest BCUT2D eigenvalue weighted by Crippen LogP contribution is -2.45. The van der Waals surface area contributed by atoms with Crippen molar-refractivity contribution in [2.75, 3.05) is 0 Å². The molecule has 1 aliphatic carbocycles. The molecule has 0 bridgehead atoms. The SMILES string of the molecule is CC1(S)CC(F)(F)C1. The molecule has 0 nitrogen and oxygen atoms in total. The highest BCUT2D eigenvalue weighted by Crippen LogP contribution is 2.48. The van der Waals surface area contributed by atoms with Crippen LogP contribution in [0.1, 0.15) is 19.8 Å². The number of thiol groups is 1. The zero-order valence-electron chi connectivity index (χ0n) is 4.62. The average Bonchev–Trinajstić information content (AvgIpc) is 1.20. The lowest BCUT2D eigenvalue weighted by Gasteiger charge is -2.40. The average molecular weight is 138 g/mol. The van der Waals surface area contributed by atoms with Crippen molar-refractivity contribution < 1.29 is 8.78 Å². The fourth-order valence-corrected chi connectivity index (χ4v) is 1.53. The Morgan fingerprint density at radius 2 is 1.75 bits per heavy atom. The van der Waals surface area contributed by atoms with Crippen molar-refractivity contribution in [1.29, 1.82) is 0 Å². The van der Waals surface area contributed by atoms with Gasteiger partial charge in [0, 0.05) is 17.6 Å². The summed E-state index contributed by atoms with van der Waals surface area (Å²) in [5.41, 5.74) is 0. The summed E-state index contributed by atoms with van der Waals surface area (Å²) >= 11 is 3.97. The Labute approximate surface area is 52.7 Å². The molecule has 0 radical (unpaired) electrons. The molecular weight excluding hydrogens is 130 g/mol. The summed E-state index contributed by atoms with van der Waals surface area (Å²) in [6, 6.07) is 0. The van der Waals surface area contributed by atoms with Gasteiger partial charge in [-0.25, -0.2) is 8.78 Å². The van der Waals surface area contributed by atoms with E-state index in [1.165, 1.54) is 0 Å². The topological polar surface area (TPSA) is 0 Å². The second kappa shape index (κ2) is 1.38. The van der Waals surface area contributed by atoms with Gasteiger partial charge in [-0.1, -0.05) is 6.92 Å². The van der Waals surface area contributed by atoms with Crippen molar-refractivity contribution in [2.45, 2.75) is 30.4 Å². The van der Waals surface area contributed by atoms with Crippen molar-refractivity contribution in [2.24, 2.45) is 0 Å². The first-order valence-corrected chi connectivity index (χ1v) is 2.96. The fraction of sp³-hybridized carbons (Fsp3) is 1.00. The Morgan fingerprint density at radius 3 is 1.75 bits per heavy atom. The van der Waals surface area contributed by atoms with Crippen LogP contribution in [0.5, 0.6) is 0 Å². The molecule has 0 unspecified atom stereocenters. The van der Waals surface area contributed by atoms with Crippen LogP contribution in [0.2, 0.25) is 0 Å². The summed E-state index contributed by atoms with van der Waals surface area (Å²) in [5, 5.41) is 0. The van der Waals surface area contributed by atoms with Crippen LogP contribution in [-0.4, -0.2) is 10.7 Å². The largest absolute Gasteiger partial charge is 0.250 e. The van der Waals surface area contributed by atoms with Crippen LogP contribution >= 0.6 is 12.6 Å². The fourth-order valence-electron chi connectivity index (χ4n) is 1.06. The summed E-state index contributed by atoms with van der Waals surface area (Å²) in [5.74, 6) is -2.42. The highest BCUT2D eigenvalue weighted by molar-refractivity contribution is 7.81. The maximum Gasteiger partial charge on any atom is 0.250 e. The van der Waals surface area contributed by atoms with Gasteiger partial charge in [0.25, 0.3) is 5.92 Å². The smallest absolute Gasteiger partial charge is 0.207 e. The van der Waals surface area contributed by atoms with E-state index in [0.717, 1.165) is 0 Å². The Morgan fingerprint density at radius 1 is 1.38 bits per heavy atom. The van der Waals surface area contributed by atoms with Crippen LogP contribution in [0.3, 0.4) is 0 Å². The van der Waals surface area contributed by atoms with Gasteiger partial charge in [0.05, 0.1) is 0 Å². The molecule has 1 fully saturated rings. The Hall–Kier alpha value is 0.210. The van der Waals surface area contributed by atoms with E-state index in [1.807, 2.05) is 0 Å². The van der Waals surface area contributed by atoms with Gasteiger partial charge in [-0.2, -0.15) is 12.6 Å². The second-order valence-electron chi connectivity index (χ2n) is 2.71. The molecule has 0 aromatic rings. The Kier molecular flexibility index (Phi) is 1.09. The third-order valence-electron chi connectivity index (χ3n) is 1.28. The van der Waals surface area contributed by atoms with Crippen LogP contribution in [0.15, 0.2) is 0 Å². The van der Waals surface area contributed by atoms with E-state index in [1.54, 1.807) is 6.92 Å². The van der Waals surface area contributed by atoms with Gasteiger partial charge in [-0.05, 0) is 0 Å². The summed E-state index contributed by atoms with van der Waals surface area (Å²) in [6.45, 7) is 1.73. The third kappa shape index (κ3) is 1.13. The van der Waals surface area contributed by atoms with E-state index < -0.39 is 10.7 Å². The van der Waals surface area contributed by atoms with Crippen LogP contribution in [0.4, 0.5) is 8.78 Å². The van der Waals surface area contributed by atoms with Gasteiger partial charge in [0.2, 0.25) is 0 Å². The summed E-state index contributed by atoms with van der Waals surface area (Å²) < 4.78 is 23.6. The number of rotatable bonds is 0. The van der Waals surface area contributed by atoms with E-state index in [0.29, 0.717) is 0 Å². The highest BCUT2D eigenvalue weighted by Gasteiger charge is 2.51. The Bertz CT molecular complexity index is 87.0. The molecule has 0 aromatic heterocycles. The molecule has 48 valence electrons. The van der Waals surface area contributed by atoms with Crippen LogP contribution < -0.4 is 0 Å². The van der Waals surface area contributed by atoms with E-state index in [4.69, 9.17) is 0 Å². The molecule has 0 atom stereocenters. The van der Waals surface area contributed by atoms with E-state index in [2.05, 4.69) is 12.6 Å². The molecule has 0 saturated heterocycles. The summed E-state index contributed by atoms with van der Waals surface area (Å²) in [4.78, 5) is 0. The molecule has 0 aliphatic heterocycles. The summed E-state index contributed by atoms with van der Waals surface area (Å²) in [7, 11) is 0. The lowest BCUT2D eigenvalue weighted by molar-refractivity contribution is -0.0904. The molecule has 0 amide bonds. The third-order valence-corrected chi connectivity index (χ3v) is 1.60. The standard InChI is InChI=1S/C5H8F2S/c1-4(8)2-5(6,7)3-4/h8H,2-3H2,1H3. The monoisotopic (exact) mass is 138 g/mol. The van der Waals surface area contributed by atoms with Gasteiger partial charge < -0.3 is 0 Å². The van der Waals surface area contributed by atoms with E-state index in [9.17, 15) is 8.78 Å². The number of hydrogen-bond donors (Lipinski definition) is 1. The highest BCUT2D eigenvalue weighted by atomic mass is 32.1. The number of hydrogen-bond acceptors (Lipinski definition) is 1. The molecule has 8 heavy (non-hydrogen) atoms. The number of halogens is 2. The second-order valence-corrected chi connectivity index (χ2v) is 3.79. The van der Waals surface area contributed by atoms with Crippen LogP contribution in [0, 0.1) is 0 Å². The molecule has 0 spiro atoms. The zero-order chi connectivity index (χ0) is 6.41. The molecular formula is C5H8F2S. The van der Waals surface area contributed by atoms with Crippen LogP contribution in [0.25, 0.3) is 0 Å². The molecule has 0 heterocycles. The summed E-state index contributed by atoms with van der Waals surface area (Å²) in [6.07, 6.45) is -0.133. The van der Waals surface area contributed by atoms with Crippen molar-refractivity contribution in [1.82, 2.24) is 0 Å². The van der Waals surface area contributed by atoms with Crippen molar-refractivity contribution in [3.05, 3.63) is 0 Å².